The minimum Gasteiger partial charge on any atom is -0.381 e. The molecule has 5 heteroatoms. The Bertz CT molecular complexity index is 324. The first-order chi connectivity index (χ1) is 8.04. The van der Waals surface area contributed by atoms with Gasteiger partial charge in [-0.25, -0.2) is 0 Å². The summed E-state index contributed by atoms with van der Waals surface area (Å²) in [5.74, 6) is 0.143. The van der Waals surface area contributed by atoms with Crippen LogP contribution in [-0.2, 0) is 14.3 Å². The zero-order valence-electron chi connectivity index (χ0n) is 10.6. The van der Waals surface area contributed by atoms with Gasteiger partial charge in [0.2, 0.25) is 11.8 Å². The second kappa shape index (κ2) is 4.64. The van der Waals surface area contributed by atoms with Crippen LogP contribution in [0.3, 0.4) is 0 Å². The molecule has 96 valence electrons. The van der Waals surface area contributed by atoms with E-state index in [2.05, 4.69) is 5.32 Å². The summed E-state index contributed by atoms with van der Waals surface area (Å²) in [4.78, 5) is 25.6. The van der Waals surface area contributed by atoms with Crippen LogP contribution in [0.15, 0.2) is 0 Å². The summed E-state index contributed by atoms with van der Waals surface area (Å²) in [6.07, 6.45) is 1.93. The molecular weight excluding hydrogens is 220 g/mol. The van der Waals surface area contributed by atoms with Gasteiger partial charge in [0.1, 0.15) is 6.04 Å². The lowest BCUT2D eigenvalue weighted by molar-refractivity contribution is -0.156. The fourth-order valence-corrected chi connectivity index (χ4v) is 2.65. The van der Waals surface area contributed by atoms with Gasteiger partial charge in [-0.2, -0.15) is 0 Å². The maximum Gasteiger partial charge on any atom is 0.243 e. The highest BCUT2D eigenvalue weighted by Crippen LogP contribution is 2.32. The van der Waals surface area contributed by atoms with E-state index in [1.807, 2.05) is 13.8 Å². The zero-order valence-corrected chi connectivity index (χ0v) is 10.6. The fourth-order valence-electron chi connectivity index (χ4n) is 2.65. The van der Waals surface area contributed by atoms with E-state index in [4.69, 9.17) is 4.74 Å². The molecule has 0 aromatic rings. The van der Waals surface area contributed by atoms with E-state index in [1.165, 1.54) is 0 Å². The van der Waals surface area contributed by atoms with Gasteiger partial charge >= 0.3 is 0 Å². The predicted octanol–water partition coefficient (Wildman–Crippen LogP) is 0.147. The summed E-state index contributed by atoms with van der Waals surface area (Å²) < 4.78 is 5.23. The summed E-state index contributed by atoms with van der Waals surface area (Å²) in [5.41, 5.74) is 0. The molecule has 1 aliphatic heterocycles. The number of methoxy groups -OCH3 is 1. The Morgan fingerprint density at radius 1 is 1.35 bits per heavy atom. The molecule has 17 heavy (non-hydrogen) atoms. The van der Waals surface area contributed by atoms with E-state index in [-0.39, 0.29) is 42.5 Å². The van der Waals surface area contributed by atoms with E-state index >= 15 is 0 Å². The van der Waals surface area contributed by atoms with Crippen molar-refractivity contribution >= 4 is 11.8 Å². The number of nitrogens with zero attached hydrogens (tertiary/aromatic N) is 1. The second-order valence-electron chi connectivity index (χ2n) is 5.19. The number of nitrogens with one attached hydrogen (secondary N) is 1. The molecule has 0 spiro atoms. The van der Waals surface area contributed by atoms with Crippen molar-refractivity contribution in [2.45, 2.75) is 44.9 Å². The molecule has 0 aromatic carbocycles. The minimum atomic E-state index is -0.320. The van der Waals surface area contributed by atoms with Gasteiger partial charge in [-0.15, -0.1) is 0 Å². The molecule has 1 N–H and O–H groups in total. The third-order valence-electron chi connectivity index (χ3n) is 3.70. The largest absolute Gasteiger partial charge is 0.381 e. The minimum absolute atomic E-state index is 0.0273. The molecule has 1 atom stereocenters. The van der Waals surface area contributed by atoms with Crippen molar-refractivity contribution in [2.24, 2.45) is 5.92 Å². The van der Waals surface area contributed by atoms with Gasteiger partial charge in [-0.3, -0.25) is 9.59 Å². The Labute approximate surface area is 101 Å². The molecule has 0 radical (unpaired) electrons. The van der Waals surface area contributed by atoms with Crippen molar-refractivity contribution < 1.29 is 14.3 Å². The summed E-state index contributed by atoms with van der Waals surface area (Å²) in [7, 11) is 1.69. The lowest BCUT2D eigenvalue weighted by Gasteiger charge is -2.48. The average molecular weight is 240 g/mol. The topological polar surface area (TPSA) is 58.6 Å². The summed E-state index contributed by atoms with van der Waals surface area (Å²) in [5, 5.41) is 2.66. The standard InChI is InChI=1S/C12H20N2O3/c1-7(2)11-12(16)13-6-10(15)14(11)8-4-9(5-8)17-3/h7-9,11H,4-6H2,1-3H3,(H,13,16). The number of carbonyl (C=O) groups excluding carboxylic acids is 2. The van der Waals surface area contributed by atoms with Gasteiger partial charge in [-0.05, 0) is 18.8 Å². The normalized spacial score (nSPS) is 33.6. The number of ether oxygens (including phenoxy) is 1. The predicted molar refractivity (Wildman–Crippen MR) is 62.3 cm³/mol. The van der Waals surface area contributed by atoms with Crippen LogP contribution in [0.5, 0.6) is 0 Å². The summed E-state index contributed by atoms with van der Waals surface area (Å²) in [6.45, 7) is 4.08. The maximum atomic E-state index is 12.0. The highest BCUT2D eigenvalue weighted by molar-refractivity contribution is 5.95. The van der Waals surface area contributed by atoms with Crippen LogP contribution < -0.4 is 5.32 Å². The number of hydrogen-bond acceptors (Lipinski definition) is 3. The maximum absolute atomic E-state index is 12.0. The summed E-state index contributed by atoms with van der Waals surface area (Å²) in [6, 6.07) is -0.148. The molecule has 0 bridgehead atoms. The van der Waals surface area contributed by atoms with Crippen molar-refractivity contribution in [1.29, 1.82) is 0 Å². The molecule has 2 rings (SSSR count). The van der Waals surface area contributed by atoms with Gasteiger partial charge in [0, 0.05) is 13.2 Å². The lowest BCUT2D eigenvalue weighted by Crippen LogP contribution is -2.65. The van der Waals surface area contributed by atoms with Crippen molar-refractivity contribution in [3.63, 3.8) is 0 Å². The zero-order chi connectivity index (χ0) is 12.6. The molecule has 2 amide bonds. The van der Waals surface area contributed by atoms with Crippen LogP contribution in [0.2, 0.25) is 0 Å². The number of amides is 2. The van der Waals surface area contributed by atoms with Gasteiger partial charge in [0.25, 0.3) is 0 Å². The highest BCUT2D eigenvalue weighted by atomic mass is 16.5. The van der Waals surface area contributed by atoms with Gasteiger partial charge in [0.05, 0.1) is 12.6 Å². The molecule has 1 saturated carbocycles. The molecule has 0 aromatic heterocycles. The molecule has 2 fully saturated rings. The quantitative estimate of drug-likeness (QED) is 0.763. The van der Waals surface area contributed by atoms with Crippen LogP contribution in [0.4, 0.5) is 0 Å². The van der Waals surface area contributed by atoms with Gasteiger partial charge < -0.3 is 15.0 Å². The van der Waals surface area contributed by atoms with Crippen LogP contribution >= 0.6 is 0 Å². The summed E-state index contributed by atoms with van der Waals surface area (Å²) >= 11 is 0. The van der Waals surface area contributed by atoms with Gasteiger partial charge in [-0.1, -0.05) is 13.8 Å². The third-order valence-corrected chi connectivity index (χ3v) is 3.70. The van der Waals surface area contributed by atoms with Crippen molar-refractivity contribution in [2.75, 3.05) is 13.7 Å². The van der Waals surface area contributed by atoms with Gasteiger partial charge in [0.15, 0.2) is 0 Å². The molecule has 2 aliphatic rings. The van der Waals surface area contributed by atoms with Crippen molar-refractivity contribution in [3.8, 4) is 0 Å². The Balaban J connectivity index is 2.10. The molecule has 1 saturated heterocycles. The highest BCUT2D eigenvalue weighted by Gasteiger charge is 2.45. The number of piperazine rings is 1. The van der Waals surface area contributed by atoms with Crippen LogP contribution in [0, 0.1) is 5.92 Å². The number of carbonyl (C=O) groups is 2. The number of rotatable bonds is 3. The van der Waals surface area contributed by atoms with E-state index in [9.17, 15) is 9.59 Å². The SMILES string of the molecule is COC1CC(N2C(=O)CNC(=O)C2C(C)C)C1. The molecule has 1 unspecified atom stereocenters. The van der Waals surface area contributed by atoms with E-state index in [1.54, 1.807) is 12.0 Å². The lowest BCUT2D eigenvalue weighted by atomic mass is 9.84. The van der Waals surface area contributed by atoms with Crippen molar-refractivity contribution in [1.82, 2.24) is 10.2 Å². The van der Waals surface area contributed by atoms with Crippen LogP contribution in [0.1, 0.15) is 26.7 Å². The van der Waals surface area contributed by atoms with E-state index < -0.39 is 0 Å². The number of hydrogen-bond donors (Lipinski definition) is 1. The first-order valence-corrected chi connectivity index (χ1v) is 6.16. The van der Waals surface area contributed by atoms with Crippen molar-refractivity contribution in [3.05, 3.63) is 0 Å². The third kappa shape index (κ3) is 2.16. The molecule has 5 nitrogen and oxygen atoms in total. The smallest absolute Gasteiger partial charge is 0.243 e. The molecule has 1 aliphatic carbocycles. The fraction of sp³-hybridized carbons (Fsp3) is 0.833. The second-order valence-corrected chi connectivity index (χ2v) is 5.19. The average Bonchev–Trinajstić information content (AvgIpc) is 2.21. The molecule has 1 heterocycles. The Hall–Kier alpha value is -1.10. The Morgan fingerprint density at radius 3 is 2.53 bits per heavy atom. The first kappa shape index (κ1) is 12.4. The van der Waals surface area contributed by atoms with E-state index in [0.717, 1.165) is 12.8 Å². The first-order valence-electron chi connectivity index (χ1n) is 6.16. The molecular formula is C12H20N2O3. The van der Waals surface area contributed by atoms with Crippen LogP contribution in [-0.4, -0.2) is 48.6 Å². The Kier molecular flexibility index (Phi) is 3.38. The monoisotopic (exact) mass is 240 g/mol. The van der Waals surface area contributed by atoms with E-state index in [0.29, 0.717) is 0 Å². The Morgan fingerprint density at radius 2 is 2.00 bits per heavy atom. The van der Waals surface area contributed by atoms with Crippen LogP contribution in [0.25, 0.3) is 0 Å².